The molecule has 2 N–H and O–H groups in total. The van der Waals surface area contributed by atoms with Crippen molar-refractivity contribution in [2.24, 2.45) is 5.41 Å². The third-order valence-corrected chi connectivity index (χ3v) is 5.21. The van der Waals surface area contributed by atoms with Crippen LogP contribution in [-0.4, -0.2) is 21.8 Å². The molecule has 0 atom stereocenters. The largest absolute Gasteiger partial charge is 0.481 e. The normalized spacial score (nSPS) is 11.5. The molecule has 0 amide bonds. The lowest BCUT2D eigenvalue weighted by Gasteiger charge is -2.17. The number of hydrogen-bond donors (Lipinski definition) is 2. The van der Waals surface area contributed by atoms with Gasteiger partial charge in [0.15, 0.2) is 11.4 Å². The van der Waals surface area contributed by atoms with Crippen molar-refractivity contribution < 1.29 is 23.5 Å². The Morgan fingerprint density at radius 3 is 2.25 bits per heavy atom. The van der Waals surface area contributed by atoms with E-state index >= 15 is 0 Å². The number of aliphatic carboxylic acids is 1. The third kappa shape index (κ3) is 4.51. The van der Waals surface area contributed by atoms with Crippen LogP contribution in [0.5, 0.6) is 0 Å². The van der Waals surface area contributed by atoms with Gasteiger partial charge in [-0.2, -0.15) is 4.98 Å². The number of carbonyl (C=O) groups excluding carboxylic acids is 1. The van der Waals surface area contributed by atoms with Crippen LogP contribution in [0.1, 0.15) is 30.6 Å². The lowest BCUT2D eigenvalue weighted by molar-refractivity contribution is -0.146. The molecule has 0 unspecified atom stereocenters. The van der Waals surface area contributed by atoms with Crippen LogP contribution in [0.25, 0.3) is 22.2 Å². The number of fused-ring (bicyclic) bond motifs is 1. The summed E-state index contributed by atoms with van der Waals surface area (Å²) in [7, 11) is 0. The predicted octanol–water partition coefficient (Wildman–Crippen LogP) is 6.06. The molecule has 4 aromatic rings. The van der Waals surface area contributed by atoms with E-state index in [-0.39, 0.29) is 24.0 Å². The van der Waals surface area contributed by atoms with E-state index in [1.54, 1.807) is 12.1 Å². The number of aromatic nitrogens is 1. The zero-order chi connectivity index (χ0) is 22.9. The summed E-state index contributed by atoms with van der Waals surface area (Å²) < 4.78 is 18.9. The minimum absolute atomic E-state index is 0.0650. The maximum Gasteiger partial charge on any atom is 0.309 e. The van der Waals surface area contributed by atoms with Crippen LogP contribution >= 0.6 is 0 Å². The molecule has 1 heterocycles. The Kier molecular flexibility index (Phi) is 5.48. The minimum atomic E-state index is -1.11. The van der Waals surface area contributed by atoms with E-state index < -0.39 is 11.4 Å². The van der Waals surface area contributed by atoms with Crippen LogP contribution in [-0.2, 0) is 4.79 Å². The van der Waals surface area contributed by atoms with Gasteiger partial charge in [-0.05, 0) is 49.2 Å². The SMILES string of the molecule is CC(C)(CC(=O)c1ccc(-c2ccc(Nc3nc4cc(F)ccc4o3)cc2)cc1)C(=O)O. The van der Waals surface area contributed by atoms with E-state index in [0.717, 1.165) is 16.8 Å². The fraction of sp³-hybridized carbons (Fsp3) is 0.160. The van der Waals surface area contributed by atoms with Gasteiger partial charge in [0.05, 0.1) is 5.41 Å². The van der Waals surface area contributed by atoms with Gasteiger partial charge >= 0.3 is 5.97 Å². The average Bonchev–Trinajstić information content (AvgIpc) is 3.15. The van der Waals surface area contributed by atoms with Gasteiger partial charge in [0, 0.05) is 23.7 Å². The highest BCUT2D eigenvalue weighted by atomic mass is 19.1. The second kappa shape index (κ2) is 8.26. The van der Waals surface area contributed by atoms with Crippen LogP contribution < -0.4 is 5.32 Å². The predicted molar refractivity (Wildman–Crippen MR) is 119 cm³/mol. The van der Waals surface area contributed by atoms with E-state index in [1.807, 2.05) is 36.4 Å². The maximum atomic E-state index is 13.3. The van der Waals surface area contributed by atoms with Crippen molar-refractivity contribution in [1.82, 2.24) is 4.98 Å². The lowest BCUT2D eigenvalue weighted by atomic mass is 9.85. The number of hydrogen-bond acceptors (Lipinski definition) is 5. The van der Waals surface area contributed by atoms with E-state index in [2.05, 4.69) is 10.3 Å². The van der Waals surface area contributed by atoms with Gasteiger partial charge in [-0.25, -0.2) is 4.39 Å². The summed E-state index contributed by atoms with van der Waals surface area (Å²) in [5, 5.41) is 12.3. The number of Topliss-reactive ketones (excluding diaryl/α,β-unsaturated/α-hetero) is 1. The van der Waals surface area contributed by atoms with Gasteiger partial charge in [-0.1, -0.05) is 36.4 Å². The average molecular weight is 432 g/mol. The highest BCUT2D eigenvalue weighted by Crippen LogP contribution is 2.27. The molecule has 0 aliphatic heterocycles. The van der Waals surface area contributed by atoms with Crippen molar-refractivity contribution in [3.8, 4) is 11.1 Å². The van der Waals surface area contributed by atoms with Crippen LogP contribution in [0.4, 0.5) is 16.1 Å². The highest BCUT2D eigenvalue weighted by molar-refractivity contribution is 5.99. The minimum Gasteiger partial charge on any atom is -0.481 e. The zero-order valence-electron chi connectivity index (χ0n) is 17.6. The van der Waals surface area contributed by atoms with Gasteiger partial charge in [0.1, 0.15) is 11.3 Å². The molecule has 7 heteroatoms. The van der Waals surface area contributed by atoms with Gasteiger partial charge in [-0.3, -0.25) is 9.59 Å². The number of nitrogens with one attached hydrogen (secondary N) is 1. The van der Waals surface area contributed by atoms with Crippen molar-refractivity contribution >= 4 is 34.6 Å². The molecule has 1 aromatic heterocycles. The first-order chi connectivity index (χ1) is 15.2. The number of nitrogens with zero attached hydrogens (tertiary/aromatic N) is 1. The Hall–Kier alpha value is -4.00. The van der Waals surface area contributed by atoms with E-state index in [1.165, 1.54) is 32.0 Å². The fourth-order valence-electron chi connectivity index (χ4n) is 3.25. The molecule has 0 radical (unpaired) electrons. The van der Waals surface area contributed by atoms with Gasteiger partial charge in [-0.15, -0.1) is 0 Å². The maximum absolute atomic E-state index is 13.3. The number of anilines is 2. The van der Waals surface area contributed by atoms with Crippen LogP contribution in [0.15, 0.2) is 71.1 Å². The first kappa shape index (κ1) is 21.2. The number of oxazole rings is 1. The number of carboxylic acids is 1. The fourth-order valence-corrected chi connectivity index (χ4v) is 3.25. The standard InChI is InChI=1S/C25H21FN2O4/c1-25(2,23(30)31)14-21(29)17-5-3-15(4-6-17)16-7-10-19(11-8-16)27-24-28-20-13-18(26)9-12-22(20)32-24/h3-13H,14H2,1-2H3,(H,27,28)(H,30,31). The molecule has 0 fully saturated rings. The van der Waals surface area contributed by atoms with E-state index in [4.69, 9.17) is 4.42 Å². The molecular formula is C25H21FN2O4. The van der Waals surface area contributed by atoms with Crippen LogP contribution in [0.2, 0.25) is 0 Å². The highest BCUT2D eigenvalue weighted by Gasteiger charge is 2.30. The van der Waals surface area contributed by atoms with E-state index in [9.17, 15) is 19.1 Å². The second-order valence-electron chi connectivity index (χ2n) is 8.20. The smallest absolute Gasteiger partial charge is 0.309 e. The summed E-state index contributed by atoms with van der Waals surface area (Å²) in [5.41, 5.74) is 2.92. The Morgan fingerprint density at radius 2 is 1.62 bits per heavy atom. The van der Waals surface area contributed by atoms with Crippen molar-refractivity contribution in [2.45, 2.75) is 20.3 Å². The Bertz CT molecular complexity index is 1290. The third-order valence-electron chi connectivity index (χ3n) is 5.21. The molecule has 4 rings (SSSR count). The summed E-state index contributed by atoms with van der Waals surface area (Å²) in [6, 6.07) is 19.1. The molecule has 0 saturated heterocycles. The monoisotopic (exact) mass is 432 g/mol. The Morgan fingerprint density at radius 1 is 1.00 bits per heavy atom. The molecule has 6 nitrogen and oxygen atoms in total. The molecule has 0 bridgehead atoms. The summed E-state index contributed by atoms with van der Waals surface area (Å²) in [5.74, 6) is -1.58. The number of rotatable bonds is 7. The number of carboxylic acid groups (broad SMARTS) is 1. The van der Waals surface area contributed by atoms with Gasteiger partial charge in [0.25, 0.3) is 6.01 Å². The van der Waals surface area contributed by atoms with Crippen molar-refractivity contribution in [3.05, 3.63) is 78.1 Å². The molecule has 0 spiro atoms. The number of ketones is 1. The summed E-state index contributed by atoms with van der Waals surface area (Å²) in [4.78, 5) is 27.9. The van der Waals surface area contributed by atoms with E-state index in [0.29, 0.717) is 16.7 Å². The second-order valence-corrected chi connectivity index (χ2v) is 8.20. The molecular weight excluding hydrogens is 411 g/mol. The first-order valence-electron chi connectivity index (χ1n) is 10.0. The number of benzene rings is 3. The molecule has 0 saturated carbocycles. The Labute approximate surface area is 183 Å². The van der Waals surface area contributed by atoms with Gasteiger partial charge < -0.3 is 14.8 Å². The molecule has 0 aliphatic carbocycles. The molecule has 32 heavy (non-hydrogen) atoms. The summed E-state index contributed by atoms with van der Waals surface area (Å²) in [6.07, 6.45) is -0.0650. The van der Waals surface area contributed by atoms with Crippen LogP contribution in [0, 0.1) is 11.2 Å². The molecule has 162 valence electrons. The van der Waals surface area contributed by atoms with Gasteiger partial charge in [0.2, 0.25) is 0 Å². The Balaban J connectivity index is 1.45. The first-order valence-corrected chi connectivity index (χ1v) is 10.0. The summed E-state index contributed by atoms with van der Waals surface area (Å²) in [6.45, 7) is 3.08. The van der Waals surface area contributed by atoms with Crippen molar-refractivity contribution in [1.29, 1.82) is 0 Å². The quantitative estimate of drug-likeness (QED) is 0.345. The molecule has 0 aliphatic rings. The van der Waals surface area contributed by atoms with Crippen molar-refractivity contribution in [3.63, 3.8) is 0 Å². The topological polar surface area (TPSA) is 92.4 Å². The number of carbonyl (C=O) groups is 2. The number of halogens is 1. The molecule has 3 aromatic carbocycles. The lowest BCUT2D eigenvalue weighted by Crippen LogP contribution is -2.26. The summed E-state index contributed by atoms with van der Waals surface area (Å²) >= 11 is 0. The zero-order valence-corrected chi connectivity index (χ0v) is 17.6. The van der Waals surface area contributed by atoms with Crippen molar-refractivity contribution in [2.75, 3.05) is 5.32 Å². The van der Waals surface area contributed by atoms with Crippen LogP contribution in [0.3, 0.4) is 0 Å².